The molecular weight excluding hydrogens is 1220 g/mol. The molecule has 8 atom stereocenters. The van der Waals surface area contributed by atoms with Crippen molar-refractivity contribution in [3.8, 4) is 0 Å². The smallest absolute Gasteiger partial charge is 0.351 e. The summed E-state index contributed by atoms with van der Waals surface area (Å²) in [5, 5.41) is 11.1. The van der Waals surface area contributed by atoms with Gasteiger partial charge in [0.1, 0.15) is 41.8 Å². The topological polar surface area (TPSA) is 259 Å². The van der Waals surface area contributed by atoms with E-state index in [9.17, 15) is 56.3 Å². The lowest BCUT2D eigenvalue weighted by Gasteiger charge is -2.40. The van der Waals surface area contributed by atoms with Crippen molar-refractivity contribution in [2.24, 2.45) is 23.7 Å². The molecule has 514 valence electrons. The maximum atomic E-state index is 15.2. The van der Waals surface area contributed by atoms with Gasteiger partial charge in [-0.1, -0.05) is 116 Å². The van der Waals surface area contributed by atoms with Crippen molar-refractivity contribution >= 4 is 76.6 Å². The number of benzene rings is 1. The van der Waals surface area contributed by atoms with Crippen LogP contribution in [0.2, 0.25) is 5.02 Å². The number of carbonyl (C=O) groups is 11. The summed E-state index contributed by atoms with van der Waals surface area (Å²) in [4.78, 5) is 169. The van der Waals surface area contributed by atoms with Crippen LogP contribution in [0, 0.1) is 23.7 Å². The monoisotopic (exact) mass is 1320 g/mol. The maximum absolute atomic E-state index is 15.2. The van der Waals surface area contributed by atoms with Gasteiger partial charge in [-0.3, -0.25) is 52.7 Å². The zero-order valence-corrected chi connectivity index (χ0v) is 56.6. The molecular formula is C66H101ClF3N11O11. The van der Waals surface area contributed by atoms with Gasteiger partial charge in [0.25, 0.3) is 0 Å². The molecule has 0 unspecified atom stereocenters. The Balaban J connectivity index is 1.36. The van der Waals surface area contributed by atoms with Crippen LogP contribution in [0.25, 0.3) is 0 Å². The average Bonchev–Trinajstić information content (AvgIpc) is 1.52. The Hall–Kier alpha value is -6.53. The van der Waals surface area contributed by atoms with Crippen LogP contribution < -0.4 is 21.3 Å². The highest BCUT2D eigenvalue weighted by atomic mass is 35.5. The lowest BCUT2D eigenvalue weighted by Crippen LogP contribution is -2.64. The Morgan fingerprint density at radius 1 is 0.620 bits per heavy atom. The van der Waals surface area contributed by atoms with Crippen LogP contribution in [-0.4, -0.2) is 216 Å². The first-order valence-electron chi connectivity index (χ1n) is 33.2. The molecule has 2 heterocycles. The number of aryl methyl sites for hydroxylation is 1. The minimum absolute atomic E-state index is 0.0356. The summed E-state index contributed by atoms with van der Waals surface area (Å²) in [5.41, 5.74) is -2.22. The first-order valence-corrected chi connectivity index (χ1v) is 33.6. The van der Waals surface area contributed by atoms with E-state index >= 15 is 9.59 Å². The molecule has 4 N–H and O–H groups in total. The number of nitrogens with one attached hydrogen (secondary N) is 4. The molecule has 92 heavy (non-hydrogen) atoms. The minimum atomic E-state index is -4.74. The molecule has 22 nitrogen and oxygen atoms in total. The number of carbonyl (C=O) groups excluding carboxylic acids is 11. The lowest BCUT2D eigenvalue weighted by atomic mass is 9.80. The molecule has 1 spiro atoms. The predicted molar refractivity (Wildman–Crippen MR) is 340 cm³/mol. The fourth-order valence-corrected chi connectivity index (χ4v) is 13.9. The van der Waals surface area contributed by atoms with E-state index in [4.69, 9.17) is 11.6 Å². The summed E-state index contributed by atoms with van der Waals surface area (Å²) in [6.07, 6.45) is 5.13. The van der Waals surface area contributed by atoms with Gasteiger partial charge in [-0.2, -0.15) is 13.2 Å². The number of hydrogen-bond donors (Lipinski definition) is 4. The summed E-state index contributed by atoms with van der Waals surface area (Å²) in [6.45, 7) is 7.53. The molecule has 0 radical (unpaired) electrons. The highest BCUT2D eigenvalue weighted by molar-refractivity contribution is 6.31. The third-order valence-electron chi connectivity index (χ3n) is 19.9. The molecule has 3 aliphatic carbocycles. The van der Waals surface area contributed by atoms with Crippen molar-refractivity contribution in [1.29, 1.82) is 0 Å². The summed E-state index contributed by atoms with van der Waals surface area (Å²) >= 11 is 6.12. The number of hydrogen-bond acceptors (Lipinski definition) is 11. The Morgan fingerprint density at radius 2 is 1.21 bits per heavy atom. The van der Waals surface area contributed by atoms with Gasteiger partial charge in [-0.25, -0.2) is 0 Å². The Labute approximate surface area is 545 Å². The van der Waals surface area contributed by atoms with Crippen LogP contribution in [0.4, 0.5) is 13.2 Å². The van der Waals surface area contributed by atoms with E-state index in [1.165, 1.54) is 72.9 Å². The number of rotatable bonds is 11. The molecule has 11 amide bonds. The van der Waals surface area contributed by atoms with Crippen LogP contribution in [0.15, 0.2) is 18.2 Å². The van der Waals surface area contributed by atoms with Crippen molar-refractivity contribution in [2.45, 2.75) is 223 Å². The zero-order valence-electron chi connectivity index (χ0n) is 55.9. The van der Waals surface area contributed by atoms with Gasteiger partial charge in [0.15, 0.2) is 0 Å². The lowest BCUT2D eigenvalue weighted by molar-refractivity contribution is -0.149. The molecule has 1 aromatic rings. The van der Waals surface area contributed by atoms with E-state index < -0.39 is 155 Å². The molecule has 2 saturated heterocycles. The van der Waals surface area contributed by atoms with Crippen LogP contribution >= 0.6 is 11.6 Å². The van der Waals surface area contributed by atoms with Crippen LogP contribution in [0.5, 0.6) is 0 Å². The molecule has 6 rings (SSSR count). The molecule has 26 heteroatoms. The number of nitrogens with zero attached hydrogens (tertiary/aromatic N) is 7. The largest absolute Gasteiger partial charge is 0.417 e. The third-order valence-corrected chi connectivity index (χ3v) is 20.2. The average molecular weight is 1320 g/mol. The second-order valence-corrected chi connectivity index (χ2v) is 27.8. The number of likely N-dealkylation sites (N-methyl/N-ethyl adjacent to an activating group) is 6. The van der Waals surface area contributed by atoms with Gasteiger partial charge in [-0.05, 0) is 106 Å². The number of fused-ring (bicyclic) bond motifs is 1. The van der Waals surface area contributed by atoms with E-state index in [2.05, 4.69) is 21.3 Å². The molecule has 2 aliphatic heterocycles. The van der Waals surface area contributed by atoms with Crippen molar-refractivity contribution in [1.82, 2.24) is 55.6 Å². The highest BCUT2D eigenvalue weighted by Crippen LogP contribution is 2.38. The van der Waals surface area contributed by atoms with Crippen molar-refractivity contribution in [2.75, 3.05) is 68.5 Å². The standard InChI is InChI=1S/C66H101ClF3N11O11/c1-12-41(4)57-63(91)77(8)38-55(84)75(6)39-56(85)79(10)52(36-43-20-14-13-15-21-43)62(90)76(7)37-53(82)72-48(28-26-45-25-27-46(47(67)34-45)66(68,69)70)61(89)81-31-19-24-49(81)60(88)74-65(29-16-17-30-65)64(92)80(11)51(35-44-22-18-23-44)58(86)71-42(5)33-54(83)78(9)50(32-40(2)3)59(87)73-57/h25,27,34,40-44,48-52,57H,12-24,26,28-33,35-39H2,1-11H3,(H,71,86)(H,72,82)(H,73,87)(H,74,88)/t41-,42+,48-,49-,50-,51-,52-,57-/m0/s1. The number of halogens is 4. The molecule has 3 saturated carbocycles. The normalized spacial score (nSPS) is 26.9. The van der Waals surface area contributed by atoms with Gasteiger partial charge >= 0.3 is 6.18 Å². The van der Waals surface area contributed by atoms with Crippen molar-refractivity contribution in [3.63, 3.8) is 0 Å². The fourth-order valence-electron chi connectivity index (χ4n) is 13.6. The first-order chi connectivity index (χ1) is 43.3. The van der Waals surface area contributed by atoms with Gasteiger partial charge < -0.3 is 55.6 Å². The number of alkyl halides is 3. The van der Waals surface area contributed by atoms with Gasteiger partial charge in [-0.15, -0.1) is 0 Å². The Kier molecular flexibility index (Phi) is 26.8. The van der Waals surface area contributed by atoms with E-state index in [1.807, 2.05) is 20.8 Å². The van der Waals surface area contributed by atoms with Crippen molar-refractivity contribution in [3.05, 3.63) is 34.3 Å². The summed E-state index contributed by atoms with van der Waals surface area (Å²) in [5.74, 6) is -7.02. The quantitative estimate of drug-likeness (QED) is 0.209. The fraction of sp³-hybridized carbons (Fsp3) is 0.742. The second-order valence-electron chi connectivity index (χ2n) is 27.4. The predicted octanol–water partition coefficient (Wildman–Crippen LogP) is 5.70. The minimum Gasteiger partial charge on any atom is -0.351 e. The van der Waals surface area contributed by atoms with Gasteiger partial charge in [0.05, 0.1) is 30.2 Å². The zero-order chi connectivity index (χ0) is 68.1. The SMILES string of the molecule is CC[C@H](C)[C@@H]1NC(=O)[C@H](CC(C)C)N(C)C(=O)C[C@@H](C)NC(=O)[C@H](CC2CCC2)N(C)C(=O)C2(CCCC2)NC(=O)[C@@H]2CCCN2C(=O)[C@H](CCc2ccc(C(F)(F)F)c(Cl)c2)NC(=O)CN(C)C(=O)[C@H](CC2CCCCC2)N(C)C(=O)CN(C)C(=O)CN(C)C1=O. The summed E-state index contributed by atoms with van der Waals surface area (Å²) in [6, 6.07) is -4.44. The summed E-state index contributed by atoms with van der Waals surface area (Å²) in [7, 11) is 8.64. The third kappa shape index (κ3) is 19.3. The molecule has 0 aromatic heterocycles. The van der Waals surface area contributed by atoms with E-state index in [0.29, 0.717) is 37.7 Å². The van der Waals surface area contributed by atoms with Crippen LogP contribution in [0.1, 0.15) is 174 Å². The number of amides is 11. The van der Waals surface area contributed by atoms with Crippen molar-refractivity contribution < 1.29 is 65.9 Å². The van der Waals surface area contributed by atoms with Crippen LogP contribution in [-0.2, 0) is 65.3 Å². The molecule has 5 aliphatic rings. The molecule has 1 aromatic carbocycles. The first kappa shape index (κ1) is 74.5. The second kappa shape index (κ2) is 33.0. The molecule has 5 fully saturated rings. The van der Waals surface area contributed by atoms with E-state index in [-0.39, 0.29) is 75.7 Å². The summed E-state index contributed by atoms with van der Waals surface area (Å²) < 4.78 is 41.4. The Morgan fingerprint density at radius 3 is 1.79 bits per heavy atom. The van der Waals surface area contributed by atoms with Gasteiger partial charge in [0.2, 0.25) is 65.0 Å². The van der Waals surface area contributed by atoms with E-state index in [0.717, 1.165) is 73.3 Å². The van der Waals surface area contributed by atoms with E-state index in [1.54, 1.807) is 13.8 Å². The maximum Gasteiger partial charge on any atom is 0.417 e. The molecule has 0 bridgehead atoms. The highest BCUT2D eigenvalue weighted by Gasteiger charge is 2.50. The van der Waals surface area contributed by atoms with Crippen LogP contribution in [0.3, 0.4) is 0 Å². The Bertz CT molecular complexity index is 2830. The van der Waals surface area contributed by atoms with Gasteiger partial charge in [0, 0.05) is 61.3 Å².